The molecule has 0 spiro atoms. The van der Waals surface area contributed by atoms with Gasteiger partial charge in [0, 0.05) is 43.4 Å². The quantitative estimate of drug-likeness (QED) is 0.0160. The van der Waals surface area contributed by atoms with E-state index >= 15 is 0 Å². The molecule has 0 bridgehead atoms. The van der Waals surface area contributed by atoms with E-state index in [-0.39, 0.29) is 29.4 Å². The molecule has 2 amide bonds. The lowest BCUT2D eigenvalue weighted by Gasteiger charge is -2.10. The highest BCUT2D eigenvalue weighted by Gasteiger charge is 2.25. The zero-order chi connectivity index (χ0) is 44.1. The molecule has 61 heavy (non-hydrogen) atoms. The number of nitrogens with two attached hydrogens (primary N) is 2. The third kappa shape index (κ3) is 12.4. The van der Waals surface area contributed by atoms with Gasteiger partial charge in [0.25, 0.3) is 5.91 Å². The molecule has 3 heterocycles. The zero-order valence-electron chi connectivity index (χ0n) is 32.9. The van der Waals surface area contributed by atoms with E-state index in [0.29, 0.717) is 36.6 Å². The molecule has 7 rings (SSSR count). The van der Waals surface area contributed by atoms with E-state index in [0.717, 1.165) is 37.1 Å². The molecule has 0 aliphatic heterocycles. The number of methoxy groups -OCH3 is 1. The number of thiocarbonyl (C=S) groups is 1. The highest BCUT2D eigenvalue weighted by atomic mass is 79.9. The maximum atomic E-state index is 13.1. The number of aromatic nitrogens is 1. The number of thiazole rings is 1. The van der Waals surface area contributed by atoms with Crippen LogP contribution in [-0.2, 0) is 9.53 Å². The number of thiophene rings is 2. The summed E-state index contributed by atoms with van der Waals surface area (Å²) in [5, 5.41) is 14.1. The molecule has 1 atom stereocenters. The molecule has 11 nitrogen and oxygen atoms in total. The minimum absolute atomic E-state index is 0.0335. The summed E-state index contributed by atoms with van der Waals surface area (Å²) >= 11 is 12.1. The predicted molar refractivity (Wildman–Crippen MR) is 256 cm³/mol. The summed E-state index contributed by atoms with van der Waals surface area (Å²) in [5.74, 6) is -1.14. The van der Waals surface area contributed by atoms with Crippen LogP contribution in [0.1, 0.15) is 49.9 Å². The summed E-state index contributed by atoms with van der Waals surface area (Å²) in [4.78, 5) is 56.1. The lowest BCUT2D eigenvalue weighted by molar-refractivity contribution is -0.114. The molecule has 7 aromatic rings. The fraction of sp³-hybridized carbons (Fsp3) is 0.0889. The van der Waals surface area contributed by atoms with Gasteiger partial charge >= 0.3 is 5.97 Å². The highest BCUT2D eigenvalue weighted by Crippen LogP contribution is 2.38. The first-order valence-corrected chi connectivity index (χ1v) is 22.0. The average molecular weight is 952 g/mol. The number of carbonyl (C=O) groups excluding carboxylic acids is 4. The van der Waals surface area contributed by atoms with Crippen molar-refractivity contribution in [2.75, 3.05) is 17.7 Å². The molecule has 0 saturated carbocycles. The van der Waals surface area contributed by atoms with Crippen molar-refractivity contribution in [2.24, 2.45) is 11.5 Å². The van der Waals surface area contributed by atoms with Gasteiger partial charge in [0.1, 0.15) is 25.6 Å². The molecule has 4 aromatic carbocycles. The number of esters is 1. The first kappa shape index (κ1) is 45.9. The topological polar surface area (TPSA) is 190 Å². The number of amides is 2. The summed E-state index contributed by atoms with van der Waals surface area (Å²) in [6, 6.07) is 40.3. The standard InChI is InChI=1S/C22H18N4OS2.C15H12BrNO2.C8H9NO2S2/c1-13-16(12-17(28-13)20(23)24)22-26-18(14-8-4-2-5-9-14)19(29-22)21(27)25-15-10-6-3-7-11-15;16-13(14(18)11-7-3-1-4-8-11)15(19)17-12-9-5-2-6-10-12;1-4-5(7(9)12)3-6(13-4)8(10)11-2/h2-12H,1H3,(H3,23,24)(H,25,27);1-10,13H,(H,17,19);3H,1-2H3,(H2,9,12). The number of hydrogen-bond donors (Lipinski definition) is 5. The fourth-order valence-corrected chi connectivity index (χ4v) is 9.05. The third-order valence-electron chi connectivity index (χ3n) is 8.46. The number of aryl methyl sites for hydroxylation is 2. The second kappa shape index (κ2) is 21.9. The molecule has 0 saturated heterocycles. The van der Waals surface area contributed by atoms with Gasteiger partial charge in [0.05, 0.1) is 17.7 Å². The van der Waals surface area contributed by atoms with Gasteiger partial charge in [-0.3, -0.25) is 19.8 Å². The van der Waals surface area contributed by atoms with Crippen LogP contribution in [0.5, 0.6) is 0 Å². The number of para-hydroxylation sites is 2. The summed E-state index contributed by atoms with van der Waals surface area (Å²) < 4.78 is 4.57. The number of hydrogen-bond acceptors (Lipinski definition) is 11. The first-order valence-electron chi connectivity index (χ1n) is 18.2. The van der Waals surface area contributed by atoms with E-state index in [1.54, 1.807) is 42.5 Å². The van der Waals surface area contributed by atoms with Crippen LogP contribution in [0.2, 0.25) is 0 Å². The Morgan fingerprint density at radius 1 is 0.738 bits per heavy atom. The number of halogens is 1. The largest absolute Gasteiger partial charge is 0.465 e. The van der Waals surface area contributed by atoms with Gasteiger partial charge in [0.2, 0.25) is 5.91 Å². The van der Waals surface area contributed by atoms with Gasteiger partial charge in [-0.25, -0.2) is 9.78 Å². The van der Waals surface area contributed by atoms with Gasteiger partial charge in [-0.1, -0.05) is 125 Å². The molecule has 16 heteroatoms. The van der Waals surface area contributed by atoms with E-state index in [1.165, 1.54) is 41.1 Å². The average Bonchev–Trinajstić information content (AvgIpc) is 4.01. The molecule has 0 aliphatic rings. The second-order valence-electron chi connectivity index (χ2n) is 12.8. The smallest absolute Gasteiger partial charge is 0.348 e. The molecular formula is C45H39BrN6O5S4. The number of alkyl halides is 1. The van der Waals surface area contributed by atoms with E-state index in [4.69, 9.17) is 34.1 Å². The summed E-state index contributed by atoms with van der Waals surface area (Å²) in [5.41, 5.74) is 16.2. The van der Waals surface area contributed by atoms with Crippen molar-refractivity contribution >= 4 is 108 Å². The van der Waals surface area contributed by atoms with Crippen LogP contribution in [-0.4, -0.2) is 51.3 Å². The monoisotopic (exact) mass is 950 g/mol. The summed E-state index contributed by atoms with van der Waals surface area (Å²) in [7, 11) is 1.35. The molecule has 0 aliphatic carbocycles. The van der Waals surface area contributed by atoms with Gasteiger partial charge in [-0.15, -0.1) is 34.0 Å². The third-order valence-corrected chi connectivity index (χ3v) is 12.7. The number of nitrogen functional groups attached to an aromatic ring is 1. The first-order chi connectivity index (χ1) is 29.3. The Morgan fingerprint density at radius 2 is 1.26 bits per heavy atom. The van der Waals surface area contributed by atoms with Crippen LogP contribution < -0.4 is 22.1 Å². The second-order valence-corrected chi connectivity index (χ2v) is 17.6. The number of rotatable bonds is 11. The molecule has 1 unspecified atom stereocenters. The minimum Gasteiger partial charge on any atom is -0.465 e. The van der Waals surface area contributed by atoms with Crippen molar-refractivity contribution in [1.82, 2.24) is 4.98 Å². The lowest BCUT2D eigenvalue weighted by atomic mass is 10.1. The van der Waals surface area contributed by atoms with Gasteiger partial charge in [-0.05, 0) is 50.2 Å². The van der Waals surface area contributed by atoms with Crippen LogP contribution in [0.15, 0.2) is 133 Å². The van der Waals surface area contributed by atoms with Crippen LogP contribution in [0.3, 0.4) is 0 Å². The molecule has 0 radical (unpaired) electrons. The molecule has 7 N–H and O–H groups in total. The van der Waals surface area contributed by atoms with Crippen LogP contribution in [0, 0.1) is 19.3 Å². The van der Waals surface area contributed by atoms with E-state index in [1.807, 2.05) is 105 Å². The van der Waals surface area contributed by atoms with Crippen molar-refractivity contribution in [2.45, 2.75) is 18.7 Å². The number of Topliss-reactive ketones (excluding diaryl/α,β-unsaturated/α-hetero) is 1. The van der Waals surface area contributed by atoms with Crippen molar-refractivity contribution < 1.29 is 23.9 Å². The fourth-order valence-electron chi connectivity index (χ4n) is 5.44. The molecule has 3 aromatic heterocycles. The number of ketones is 1. The van der Waals surface area contributed by atoms with Crippen molar-refractivity contribution in [1.29, 1.82) is 5.41 Å². The van der Waals surface area contributed by atoms with E-state index in [2.05, 4.69) is 31.3 Å². The Morgan fingerprint density at radius 3 is 1.77 bits per heavy atom. The summed E-state index contributed by atoms with van der Waals surface area (Å²) in [6.07, 6.45) is 0. The van der Waals surface area contributed by atoms with Crippen molar-refractivity contribution in [3.8, 4) is 21.8 Å². The molecular weight excluding hydrogens is 913 g/mol. The molecule has 310 valence electrons. The SMILES string of the molecule is COC(=O)c1cc(C(N)=S)c(C)s1.Cc1sc(C(=N)N)cc1-c1nc(-c2ccccc2)c(C(=O)Nc2ccccc2)s1.O=C(Nc1ccccc1)C(Br)C(=O)c1ccccc1. The Hall–Kier alpha value is -6.17. The zero-order valence-corrected chi connectivity index (χ0v) is 37.8. The Kier molecular flexibility index (Phi) is 16.5. The number of benzene rings is 4. The highest BCUT2D eigenvalue weighted by molar-refractivity contribution is 9.10. The van der Waals surface area contributed by atoms with Gasteiger partial charge in [0.15, 0.2) is 10.6 Å². The van der Waals surface area contributed by atoms with Crippen molar-refractivity contribution in [3.63, 3.8) is 0 Å². The number of ether oxygens (including phenoxy) is 1. The lowest BCUT2D eigenvalue weighted by Crippen LogP contribution is -2.30. The van der Waals surface area contributed by atoms with E-state index in [9.17, 15) is 19.2 Å². The number of amidine groups is 1. The Labute approximate surface area is 378 Å². The van der Waals surface area contributed by atoms with Crippen LogP contribution >= 0.6 is 62.2 Å². The number of carbonyl (C=O) groups is 4. The Bertz CT molecular complexity index is 2650. The predicted octanol–water partition coefficient (Wildman–Crippen LogP) is 10.1. The Balaban J connectivity index is 0.000000189. The van der Waals surface area contributed by atoms with Gasteiger partial charge < -0.3 is 26.8 Å². The summed E-state index contributed by atoms with van der Waals surface area (Å²) in [6.45, 7) is 3.84. The van der Waals surface area contributed by atoms with Crippen LogP contribution in [0.4, 0.5) is 11.4 Å². The number of nitrogens with one attached hydrogen (secondary N) is 3. The van der Waals surface area contributed by atoms with E-state index < -0.39 is 4.83 Å². The maximum absolute atomic E-state index is 13.1. The van der Waals surface area contributed by atoms with Gasteiger partial charge in [-0.2, -0.15) is 0 Å². The molecule has 0 fully saturated rings. The maximum Gasteiger partial charge on any atom is 0.348 e. The number of nitrogens with zero attached hydrogens (tertiary/aromatic N) is 1. The number of anilines is 2. The normalized spacial score (nSPS) is 10.8. The van der Waals surface area contributed by atoms with Crippen LogP contribution in [0.25, 0.3) is 21.8 Å². The van der Waals surface area contributed by atoms with Crippen molar-refractivity contribution in [3.05, 3.63) is 169 Å². The minimum atomic E-state index is -0.893.